The normalized spacial score (nSPS) is 22.5. The van der Waals surface area contributed by atoms with Crippen LogP contribution in [0.25, 0.3) is 22.3 Å². The van der Waals surface area contributed by atoms with Crippen LogP contribution in [-0.4, -0.2) is 87.2 Å². The van der Waals surface area contributed by atoms with Crippen molar-refractivity contribution in [1.82, 2.24) is 30.0 Å². The first kappa shape index (κ1) is 30.2. The number of anilines is 2. The van der Waals surface area contributed by atoms with Crippen molar-refractivity contribution in [1.29, 1.82) is 0 Å². The van der Waals surface area contributed by atoms with Gasteiger partial charge in [-0.1, -0.05) is 0 Å². The predicted molar refractivity (Wildman–Crippen MR) is 176 cm³/mol. The van der Waals surface area contributed by atoms with Gasteiger partial charge in [-0.2, -0.15) is 5.10 Å². The molecule has 2 aromatic carbocycles. The average Bonchev–Trinajstić information content (AvgIpc) is 3.66. The van der Waals surface area contributed by atoms with E-state index in [2.05, 4.69) is 48.6 Å². The second kappa shape index (κ2) is 12.5. The number of amides is 4. The molecule has 13 nitrogen and oxygen atoms in total. The molecule has 3 aliphatic heterocycles. The number of benzene rings is 2. The van der Waals surface area contributed by atoms with Crippen LogP contribution in [0, 0.1) is 5.92 Å². The van der Waals surface area contributed by atoms with Crippen LogP contribution in [0.1, 0.15) is 65.3 Å². The van der Waals surface area contributed by atoms with E-state index in [1.807, 2.05) is 18.5 Å². The summed E-state index contributed by atoms with van der Waals surface area (Å²) in [4.78, 5) is 62.7. The van der Waals surface area contributed by atoms with Gasteiger partial charge in [0.1, 0.15) is 6.04 Å². The minimum Gasteiger partial charge on any atom is -0.385 e. The van der Waals surface area contributed by atoms with Gasteiger partial charge in [0, 0.05) is 49.2 Å². The van der Waals surface area contributed by atoms with Crippen LogP contribution in [0.5, 0.6) is 0 Å². The van der Waals surface area contributed by atoms with Crippen molar-refractivity contribution in [2.75, 3.05) is 43.1 Å². The van der Waals surface area contributed by atoms with Gasteiger partial charge < -0.3 is 15.0 Å². The maximum atomic E-state index is 13.1. The Hall–Kier alpha value is -5.17. The minimum atomic E-state index is -0.965. The highest BCUT2D eigenvalue weighted by atomic mass is 16.5. The van der Waals surface area contributed by atoms with E-state index < -0.39 is 29.7 Å². The van der Waals surface area contributed by atoms with Crippen LogP contribution in [0.4, 0.5) is 11.4 Å². The lowest BCUT2D eigenvalue weighted by atomic mass is 9.77. The van der Waals surface area contributed by atoms with Gasteiger partial charge in [-0.05, 0) is 74.4 Å². The van der Waals surface area contributed by atoms with Crippen molar-refractivity contribution in [2.24, 2.45) is 5.92 Å². The van der Waals surface area contributed by atoms with Gasteiger partial charge in [0.2, 0.25) is 11.8 Å². The van der Waals surface area contributed by atoms with Crippen LogP contribution in [0.3, 0.4) is 0 Å². The van der Waals surface area contributed by atoms with E-state index in [0.717, 1.165) is 97.1 Å². The van der Waals surface area contributed by atoms with E-state index in [1.54, 1.807) is 18.2 Å². The van der Waals surface area contributed by atoms with E-state index >= 15 is 0 Å². The monoisotopic (exact) mass is 648 g/mol. The number of hydrogen-bond donors (Lipinski definition) is 2. The Morgan fingerprint density at radius 3 is 2.60 bits per heavy atom. The number of carbonyl (C=O) groups is 4. The van der Waals surface area contributed by atoms with Crippen LogP contribution in [0.15, 0.2) is 55.0 Å². The highest BCUT2D eigenvalue weighted by Crippen LogP contribution is 2.40. The molecule has 2 saturated heterocycles. The Kier molecular flexibility index (Phi) is 7.83. The van der Waals surface area contributed by atoms with E-state index in [4.69, 9.17) is 9.72 Å². The number of carbonyl (C=O) groups excluding carboxylic acids is 4. The van der Waals surface area contributed by atoms with Gasteiger partial charge in [0.05, 0.1) is 59.5 Å². The molecule has 4 aliphatic rings. The van der Waals surface area contributed by atoms with Gasteiger partial charge in [0.15, 0.2) is 0 Å². The van der Waals surface area contributed by atoms with E-state index in [-0.39, 0.29) is 24.0 Å². The zero-order chi connectivity index (χ0) is 32.8. The molecule has 5 heterocycles. The van der Waals surface area contributed by atoms with Crippen molar-refractivity contribution < 1.29 is 23.9 Å². The number of piperidine rings is 1. The first-order chi connectivity index (χ1) is 23.4. The second-order valence-corrected chi connectivity index (χ2v) is 13.0. The minimum absolute atomic E-state index is 0.0961. The Morgan fingerprint density at radius 2 is 1.77 bits per heavy atom. The zero-order valence-electron chi connectivity index (χ0n) is 26.4. The molecule has 1 atom stereocenters. The fourth-order valence-electron chi connectivity index (χ4n) is 7.18. The molecule has 4 aromatic rings. The van der Waals surface area contributed by atoms with Gasteiger partial charge in [-0.15, -0.1) is 0 Å². The Labute approximate surface area is 276 Å². The van der Waals surface area contributed by atoms with Crippen molar-refractivity contribution in [2.45, 2.75) is 50.6 Å². The molecule has 0 radical (unpaired) electrons. The van der Waals surface area contributed by atoms with Crippen LogP contribution >= 0.6 is 0 Å². The predicted octanol–water partition coefficient (Wildman–Crippen LogP) is 3.57. The lowest BCUT2D eigenvalue weighted by Gasteiger charge is -2.35. The first-order valence-corrected chi connectivity index (χ1v) is 16.6. The number of morpholine rings is 1. The molecule has 3 fully saturated rings. The number of aromatic nitrogens is 4. The highest BCUT2D eigenvalue weighted by molar-refractivity contribution is 6.23. The Morgan fingerprint density at radius 1 is 0.938 bits per heavy atom. The summed E-state index contributed by atoms with van der Waals surface area (Å²) in [6.45, 7) is 3.96. The summed E-state index contributed by atoms with van der Waals surface area (Å²) >= 11 is 0. The van der Waals surface area contributed by atoms with Crippen molar-refractivity contribution >= 4 is 46.0 Å². The van der Waals surface area contributed by atoms with Gasteiger partial charge in [-0.25, -0.2) is 4.98 Å². The molecule has 48 heavy (non-hydrogen) atoms. The van der Waals surface area contributed by atoms with Crippen molar-refractivity contribution in [3.8, 4) is 11.3 Å². The van der Waals surface area contributed by atoms with Crippen LogP contribution in [-0.2, 0) is 14.3 Å². The molecular weight excluding hydrogens is 612 g/mol. The first-order valence-electron chi connectivity index (χ1n) is 16.6. The number of imide groups is 2. The third-order valence-electron chi connectivity index (χ3n) is 9.94. The third-order valence-corrected chi connectivity index (χ3v) is 9.94. The lowest BCUT2D eigenvalue weighted by molar-refractivity contribution is -0.136. The topological polar surface area (TPSA) is 152 Å². The summed E-state index contributed by atoms with van der Waals surface area (Å²) in [5, 5.41) is 10.3. The largest absolute Gasteiger partial charge is 0.385 e. The number of fused-ring (bicyclic) bond motifs is 2. The quantitative estimate of drug-likeness (QED) is 0.204. The summed E-state index contributed by atoms with van der Waals surface area (Å²) in [7, 11) is 0. The molecular formula is C35H36N8O5. The molecule has 0 spiro atoms. The molecule has 246 valence electrons. The van der Waals surface area contributed by atoms with Crippen LogP contribution in [0.2, 0.25) is 0 Å². The van der Waals surface area contributed by atoms with E-state index in [9.17, 15) is 19.2 Å². The smallest absolute Gasteiger partial charge is 0.262 e. The molecule has 1 saturated carbocycles. The fourth-order valence-corrected chi connectivity index (χ4v) is 7.18. The van der Waals surface area contributed by atoms with Crippen molar-refractivity contribution in [3.05, 3.63) is 66.1 Å². The van der Waals surface area contributed by atoms with Crippen LogP contribution < -0.4 is 15.5 Å². The number of nitrogens with one attached hydrogen (secondary N) is 2. The summed E-state index contributed by atoms with van der Waals surface area (Å²) in [5.74, 6) is -1.38. The molecule has 1 unspecified atom stereocenters. The molecule has 2 N–H and O–H groups in total. The molecule has 1 aliphatic carbocycles. The maximum absolute atomic E-state index is 13.1. The number of ether oxygens (including phenoxy) is 1. The van der Waals surface area contributed by atoms with Gasteiger partial charge in [-0.3, -0.25) is 39.1 Å². The second-order valence-electron chi connectivity index (χ2n) is 13.0. The van der Waals surface area contributed by atoms with Gasteiger partial charge in [0.25, 0.3) is 11.8 Å². The lowest BCUT2D eigenvalue weighted by Crippen LogP contribution is -2.54. The number of hydrogen-bond acceptors (Lipinski definition) is 10. The standard InChI is InChI=1S/C35H36N8O5/c44-32-8-7-31(33(45)40-32)43-34(46)26-5-3-23(16-27(26)35(43)47)36-9-1-2-21-14-25(15-21)42-20-22(18-38-42)30-19-37-28-6-4-24(17-29(28)39-30)41-10-12-48-13-11-41/h3-6,16-21,25,31,36H,1-2,7-15H2,(H,40,44,45)/t21-,25+,31?. The van der Waals surface area contributed by atoms with E-state index in [1.165, 1.54) is 0 Å². The third kappa shape index (κ3) is 5.68. The summed E-state index contributed by atoms with van der Waals surface area (Å²) < 4.78 is 7.55. The summed E-state index contributed by atoms with van der Waals surface area (Å²) in [5.41, 5.74) is 5.97. The average molecular weight is 649 g/mol. The Balaban J connectivity index is 0.819. The highest BCUT2D eigenvalue weighted by Gasteiger charge is 2.44. The molecule has 8 rings (SSSR count). The summed E-state index contributed by atoms with van der Waals surface area (Å²) in [6.07, 6.45) is 10.2. The summed E-state index contributed by atoms with van der Waals surface area (Å²) in [6, 6.07) is 10.7. The molecule has 0 bridgehead atoms. The van der Waals surface area contributed by atoms with Gasteiger partial charge >= 0.3 is 0 Å². The Bertz CT molecular complexity index is 1930. The van der Waals surface area contributed by atoms with E-state index in [0.29, 0.717) is 12.0 Å². The SMILES string of the molecule is O=C1CCC(N2C(=O)c3ccc(NCCC[C@H]4C[C@@H](n5cc(-c6cnc7ccc(N8CCOCC8)cc7n6)cn5)C4)cc3C2=O)C(=O)N1. The fraction of sp³-hybridized carbons (Fsp3) is 0.400. The maximum Gasteiger partial charge on any atom is 0.262 e. The molecule has 4 amide bonds. The molecule has 2 aromatic heterocycles. The number of rotatable bonds is 9. The molecule has 13 heteroatoms. The number of nitrogens with zero attached hydrogens (tertiary/aromatic N) is 6. The van der Waals surface area contributed by atoms with Crippen molar-refractivity contribution in [3.63, 3.8) is 0 Å². The zero-order valence-corrected chi connectivity index (χ0v) is 26.4.